The molecule has 0 saturated carbocycles. The quantitative estimate of drug-likeness (QED) is 0.147. The van der Waals surface area contributed by atoms with E-state index in [0.717, 1.165) is 43.2 Å². The van der Waals surface area contributed by atoms with Gasteiger partial charge in [0.2, 0.25) is 0 Å². The first-order valence-electron chi connectivity index (χ1n) is 12.1. The van der Waals surface area contributed by atoms with E-state index in [4.69, 9.17) is 3.83 Å². The van der Waals surface area contributed by atoms with E-state index in [1.54, 1.807) is 0 Å². The number of benzene rings is 1. The minimum absolute atomic E-state index is 0.0847. The van der Waals surface area contributed by atoms with Gasteiger partial charge in [-0.1, -0.05) is 90.9 Å². The molecule has 178 valence electrons. The van der Waals surface area contributed by atoms with E-state index >= 15 is 0 Å². The molecule has 1 rings (SSSR count). The van der Waals surface area contributed by atoms with Crippen molar-refractivity contribution in [1.29, 1.82) is 0 Å². The molecule has 2 N–H and O–H groups in total. The largest absolute Gasteiger partial charge is 0.504 e. The second-order valence-corrected chi connectivity index (χ2v) is 9.57. The van der Waals surface area contributed by atoms with E-state index in [1.165, 1.54) is 64.2 Å². The highest BCUT2D eigenvalue weighted by Crippen LogP contribution is 2.43. The van der Waals surface area contributed by atoms with Crippen LogP contribution in [0.15, 0.2) is 4.47 Å². The Kier molecular flexibility index (Phi) is 15.3. The van der Waals surface area contributed by atoms with Gasteiger partial charge in [-0.3, -0.25) is 0 Å². The van der Waals surface area contributed by atoms with Gasteiger partial charge >= 0.3 is 5.97 Å². The number of carbonyl (C=O) groups excluding carboxylic acids is 1. The Morgan fingerprint density at radius 2 is 1.13 bits per heavy atom. The van der Waals surface area contributed by atoms with E-state index in [-0.39, 0.29) is 11.3 Å². The first-order chi connectivity index (χ1) is 15.0. The normalized spacial score (nSPS) is 11.1. The van der Waals surface area contributed by atoms with Gasteiger partial charge in [0.1, 0.15) is 5.56 Å². The third-order valence-electron chi connectivity index (χ3n) is 5.93. The lowest BCUT2D eigenvalue weighted by atomic mass is 9.91. The first kappa shape index (κ1) is 28.3. The Labute approximate surface area is 205 Å². The zero-order chi connectivity index (χ0) is 23.1. The molecule has 1 aromatic rings. The molecule has 0 heterocycles. The average molecular weight is 564 g/mol. The summed E-state index contributed by atoms with van der Waals surface area (Å²) in [6.07, 6.45) is 18.0. The second kappa shape index (κ2) is 16.8. The van der Waals surface area contributed by atoms with Gasteiger partial charge in [-0.05, 0) is 52.7 Å². The van der Waals surface area contributed by atoms with E-state index in [0.29, 0.717) is 10.9 Å². The number of phenols is 2. The van der Waals surface area contributed by atoms with Gasteiger partial charge in [0, 0.05) is 0 Å². The first-order valence-corrected chi connectivity index (χ1v) is 13.5. The molecule has 0 aliphatic rings. The van der Waals surface area contributed by atoms with Crippen molar-refractivity contribution in [2.75, 3.05) is 0 Å². The van der Waals surface area contributed by atoms with Crippen molar-refractivity contribution in [2.24, 2.45) is 0 Å². The van der Waals surface area contributed by atoms with Crippen molar-refractivity contribution in [3.8, 4) is 11.5 Å². The van der Waals surface area contributed by atoms with E-state index < -0.39 is 11.7 Å². The molecule has 0 aliphatic carbocycles. The van der Waals surface area contributed by atoms with Crippen molar-refractivity contribution < 1.29 is 18.8 Å². The number of rotatable bonds is 17. The number of aromatic hydroxyl groups is 2. The van der Waals surface area contributed by atoms with Crippen molar-refractivity contribution >= 4 is 38.2 Å². The molecule has 6 heteroatoms. The minimum Gasteiger partial charge on any atom is -0.504 e. The number of hydrogen-bond donors (Lipinski definition) is 2. The third-order valence-corrected chi connectivity index (χ3v) is 7.08. The number of unbranched alkanes of at least 4 members (excludes halogenated alkanes) is 12. The molecule has 0 bridgehead atoms. The fraction of sp³-hybridized carbons (Fsp3) is 0.720. The molecule has 0 saturated heterocycles. The van der Waals surface area contributed by atoms with Crippen LogP contribution in [0.1, 0.15) is 125 Å². The fourth-order valence-corrected chi connectivity index (χ4v) is 4.89. The highest BCUT2D eigenvalue weighted by Gasteiger charge is 2.27. The number of hydrogen-bond acceptors (Lipinski definition) is 4. The van der Waals surface area contributed by atoms with Gasteiger partial charge in [-0.25, -0.2) is 4.79 Å². The number of phenolic OH excluding ortho intramolecular Hbond substituents is 2. The molecule has 0 spiro atoms. The smallest absolute Gasteiger partial charge is 0.353 e. The Hall–Kier alpha value is -0.750. The summed E-state index contributed by atoms with van der Waals surface area (Å²) < 4.78 is 5.25. The maximum atomic E-state index is 12.4. The minimum atomic E-state index is -0.668. The van der Waals surface area contributed by atoms with Crippen molar-refractivity contribution in [3.63, 3.8) is 0 Å². The molecule has 0 radical (unpaired) electrons. The summed E-state index contributed by atoms with van der Waals surface area (Å²) in [5.41, 5.74) is 1.80. The van der Waals surface area contributed by atoms with Crippen molar-refractivity contribution in [2.45, 2.75) is 117 Å². The molecule has 0 unspecified atom stereocenters. The van der Waals surface area contributed by atoms with Gasteiger partial charge < -0.3 is 14.0 Å². The average Bonchev–Trinajstić information content (AvgIpc) is 2.77. The van der Waals surface area contributed by atoms with Crippen molar-refractivity contribution in [3.05, 3.63) is 21.2 Å². The predicted octanol–water partition coefficient (Wildman–Crippen LogP) is 8.91. The van der Waals surface area contributed by atoms with Crippen LogP contribution in [0.5, 0.6) is 11.5 Å². The molecular weight excluding hydrogens is 524 g/mol. The standard InChI is InChI=1S/C25H40Br2O4/c1-3-5-7-9-11-13-15-17-19-20(18-16-14-12-10-8-6-4-2)22(26)24(29)23(28)21(19)25(30)31-27/h28-29H,3-18H2,1-2H3. The SMILES string of the molecule is CCCCCCCCCc1c(Br)c(O)c(O)c(C(=O)OBr)c1CCCCCCCCC. The summed E-state index contributed by atoms with van der Waals surface area (Å²) in [6.45, 7) is 4.43. The van der Waals surface area contributed by atoms with Crippen LogP contribution in [-0.2, 0) is 16.7 Å². The summed E-state index contributed by atoms with van der Waals surface area (Å²) in [5.74, 6) is -1.36. The second-order valence-electron chi connectivity index (χ2n) is 8.45. The predicted molar refractivity (Wildman–Crippen MR) is 135 cm³/mol. The third kappa shape index (κ3) is 9.73. The Morgan fingerprint density at radius 1 is 0.710 bits per heavy atom. The van der Waals surface area contributed by atoms with Crippen LogP contribution in [0, 0.1) is 0 Å². The lowest BCUT2D eigenvalue weighted by Gasteiger charge is -2.18. The van der Waals surface area contributed by atoms with E-state index in [9.17, 15) is 15.0 Å². The molecule has 0 aliphatic heterocycles. The summed E-state index contributed by atoms with van der Waals surface area (Å²) in [5, 5.41) is 20.9. The monoisotopic (exact) mass is 562 g/mol. The summed E-state index contributed by atoms with van der Waals surface area (Å²) in [6, 6.07) is 0. The summed E-state index contributed by atoms with van der Waals surface area (Å²) in [7, 11) is 0. The lowest BCUT2D eigenvalue weighted by molar-refractivity contribution is 0.0776. The number of carbonyl (C=O) groups is 1. The van der Waals surface area contributed by atoms with Crippen molar-refractivity contribution in [1.82, 2.24) is 0 Å². The van der Waals surface area contributed by atoms with Gasteiger partial charge in [-0.15, -0.1) is 0 Å². The lowest BCUT2D eigenvalue weighted by Crippen LogP contribution is -2.09. The summed E-state index contributed by atoms with van der Waals surface area (Å²) >= 11 is 6.21. The molecule has 4 nitrogen and oxygen atoms in total. The van der Waals surface area contributed by atoms with Crippen LogP contribution in [0.25, 0.3) is 0 Å². The highest BCUT2D eigenvalue weighted by atomic mass is 79.9. The number of halogens is 2. The van der Waals surface area contributed by atoms with Gasteiger partial charge in [0.25, 0.3) is 0 Å². The van der Waals surface area contributed by atoms with Gasteiger partial charge in [0.15, 0.2) is 27.8 Å². The van der Waals surface area contributed by atoms with Crippen LogP contribution in [0.3, 0.4) is 0 Å². The van der Waals surface area contributed by atoms with Crippen LogP contribution in [-0.4, -0.2) is 16.2 Å². The van der Waals surface area contributed by atoms with Gasteiger partial charge in [0.05, 0.1) is 4.47 Å². The Bertz CT molecular complexity index is 662. The molecule has 1 aromatic carbocycles. The van der Waals surface area contributed by atoms with Crippen LogP contribution < -0.4 is 0 Å². The van der Waals surface area contributed by atoms with Crippen LogP contribution >= 0.6 is 32.2 Å². The van der Waals surface area contributed by atoms with E-state index in [2.05, 4.69) is 46.0 Å². The maximum absolute atomic E-state index is 12.4. The molecule has 0 amide bonds. The van der Waals surface area contributed by atoms with Crippen LogP contribution in [0.2, 0.25) is 0 Å². The fourth-order valence-electron chi connectivity index (χ4n) is 4.10. The zero-order valence-electron chi connectivity index (χ0n) is 19.3. The maximum Gasteiger partial charge on any atom is 0.353 e. The Balaban J connectivity index is 2.89. The topological polar surface area (TPSA) is 66.8 Å². The van der Waals surface area contributed by atoms with Crippen LogP contribution in [0.4, 0.5) is 0 Å². The molecular formula is C25H40Br2O4. The van der Waals surface area contributed by atoms with E-state index in [1.807, 2.05) is 0 Å². The molecule has 0 aromatic heterocycles. The highest BCUT2D eigenvalue weighted by molar-refractivity contribution is 9.10. The zero-order valence-corrected chi connectivity index (χ0v) is 22.5. The Morgan fingerprint density at radius 3 is 1.58 bits per heavy atom. The van der Waals surface area contributed by atoms with Gasteiger partial charge in [-0.2, -0.15) is 0 Å². The molecule has 0 atom stereocenters. The summed E-state index contributed by atoms with van der Waals surface area (Å²) in [4.78, 5) is 12.4. The molecule has 31 heavy (non-hydrogen) atoms. The molecule has 0 fully saturated rings.